The van der Waals surface area contributed by atoms with Gasteiger partial charge in [0.05, 0.1) is 18.4 Å². The molecule has 0 aliphatic rings. The minimum Gasteiger partial charge on any atom is -0.350 e. The van der Waals surface area contributed by atoms with Crippen LogP contribution in [-0.2, 0) is 16.6 Å². The number of nitrogens with zero attached hydrogens (tertiary/aromatic N) is 2. The van der Waals surface area contributed by atoms with Gasteiger partial charge in [-0.25, -0.2) is 0 Å². The smallest absolute Gasteiger partial charge is 0.244 e. The van der Waals surface area contributed by atoms with Crippen molar-refractivity contribution in [2.45, 2.75) is 0 Å². The van der Waals surface area contributed by atoms with Crippen LogP contribution in [0, 0.1) is 0 Å². The van der Waals surface area contributed by atoms with E-state index < -0.39 is 0 Å². The number of carbonyl (C=O) groups excluding carboxylic acids is 2. The van der Waals surface area contributed by atoms with Crippen LogP contribution in [0.25, 0.3) is 17.0 Å². The van der Waals surface area contributed by atoms with Gasteiger partial charge in [0.2, 0.25) is 11.8 Å². The van der Waals surface area contributed by atoms with Crippen LogP contribution in [0.15, 0.2) is 61.1 Å². The van der Waals surface area contributed by atoms with E-state index >= 15 is 0 Å². The molecule has 0 saturated heterocycles. The van der Waals surface area contributed by atoms with E-state index in [0.717, 1.165) is 16.5 Å². The summed E-state index contributed by atoms with van der Waals surface area (Å²) < 4.78 is 2.01. The molecule has 0 saturated carbocycles. The van der Waals surface area contributed by atoms with Gasteiger partial charge >= 0.3 is 0 Å². The first kappa shape index (κ1) is 16.4. The first-order valence-corrected chi connectivity index (χ1v) is 7.83. The van der Waals surface area contributed by atoms with Gasteiger partial charge in [0.15, 0.2) is 0 Å². The maximum absolute atomic E-state index is 11.9. The number of carbonyl (C=O) groups is 2. The van der Waals surface area contributed by atoms with Crippen molar-refractivity contribution < 1.29 is 9.59 Å². The van der Waals surface area contributed by atoms with Crippen molar-refractivity contribution in [3.05, 3.63) is 66.6 Å². The summed E-state index contributed by atoms with van der Waals surface area (Å²) in [5.41, 5.74) is 2.64. The third-order valence-electron chi connectivity index (χ3n) is 3.71. The Labute approximate surface area is 145 Å². The second-order valence-electron chi connectivity index (χ2n) is 5.55. The Morgan fingerprint density at radius 2 is 2.04 bits per heavy atom. The summed E-state index contributed by atoms with van der Waals surface area (Å²) in [6.07, 6.45) is 8.30. The zero-order chi connectivity index (χ0) is 17.6. The summed E-state index contributed by atoms with van der Waals surface area (Å²) in [5, 5.41) is 6.29. The summed E-state index contributed by atoms with van der Waals surface area (Å²) >= 11 is 0. The van der Waals surface area contributed by atoms with Gasteiger partial charge < -0.3 is 15.2 Å². The molecule has 3 aromatic rings. The highest BCUT2D eigenvalue weighted by Gasteiger charge is 2.05. The van der Waals surface area contributed by atoms with Crippen LogP contribution < -0.4 is 10.6 Å². The summed E-state index contributed by atoms with van der Waals surface area (Å²) in [7, 11) is 1.96. The number of hydrogen-bond acceptors (Lipinski definition) is 3. The van der Waals surface area contributed by atoms with Gasteiger partial charge in [-0.3, -0.25) is 14.6 Å². The molecule has 126 valence electrons. The predicted octanol–water partition coefficient (Wildman–Crippen LogP) is 2.34. The number of anilines is 1. The Balaban J connectivity index is 1.57. The van der Waals surface area contributed by atoms with E-state index in [1.807, 2.05) is 42.1 Å². The molecule has 0 unspecified atom stereocenters. The summed E-state index contributed by atoms with van der Waals surface area (Å²) in [6.45, 7) is -0.104. The fourth-order valence-electron chi connectivity index (χ4n) is 2.54. The van der Waals surface area contributed by atoms with E-state index in [1.54, 1.807) is 30.6 Å². The van der Waals surface area contributed by atoms with E-state index in [2.05, 4.69) is 15.6 Å². The van der Waals surface area contributed by atoms with Crippen LogP contribution in [0.2, 0.25) is 0 Å². The molecule has 3 rings (SSSR count). The number of nitrogens with one attached hydrogen (secondary N) is 2. The van der Waals surface area contributed by atoms with Gasteiger partial charge in [-0.05, 0) is 24.3 Å². The zero-order valence-electron chi connectivity index (χ0n) is 13.8. The van der Waals surface area contributed by atoms with Crippen molar-refractivity contribution in [1.29, 1.82) is 0 Å². The second-order valence-corrected chi connectivity index (χ2v) is 5.55. The lowest BCUT2D eigenvalue weighted by atomic mass is 10.1. The largest absolute Gasteiger partial charge is 0.350 e. The molecule has 0 atom stereocenters. The lowest BCUT2D eigenvalue weighted by Crippen LogP contribution is -2.31. The zero-order valence-corrected chi connectivity index (χ0v) is 13.8. The number of amides is 2. The highest BCUT2D eigenvalue weighted by molar-refractivity contribution is 5.99. The summed E-state index contributed by atoms with van der Waals surface area (Å²) in [6, 6.07) is 11.4. The van der Waals surface area contributed by atoms with Crippen LogP contribution in [0.5, 0.6) is 0 Å². The van der Waals surface area contributed by atoms with Gasteiger partial charge in [0.1, 0.15) is 0 Å². The lowest BCUT2D eigenvalue weighted by Gasteiger charge is -2.04. The first-order valence-electron chi connectivity index (χ1n) is 7.83. The highest BCUT2D eigenvalue weighted by Crippen LogP contribution is 2.21. The molecule has 2 heterocycles. The minimum absolute atomic E-state index is 0.104. The van der Waals surface area contributed by atoms with Crippen molar-refractivity contribution in [2.24, 2.45) is 7.05 Å². The molecule has 0 bridgehead atoms. The topological polar surface area (TPSA) is 76.0 Å². The molecular formula is C19H18N4O2. The first-order chi connectivity index (χ1) is 12.1. The Kier molecular flexibility index (Phi) is 4.89. The standard InChI is InChI=1S/C19H18N4O2/c1-23-13-14(16-6-2-3-7-17(16)23)8-9-18(24)21-12-19(25)22-15-5-4-10-20-11-15/h2-11,13H,12H2,1H3,(H,21,24)(H,22,25)/b9-8+. The molecular weight excluding hydrogens is 316 g/mol. The average molecular weight is 334 g/mol. The molecule has 0 fully saturated rings. The van der Waals surface area contributed by atoms with Crippen LogP contribution in [0.3, 0.4) is 0 Å². The molecule has 25 heavy (non-hydrogen) atoms. The molecule has 0 aliphatic carbocycles. The van der Waals surface area contributed by atoms with Gasteiger partial charge in [-0.1, -0.05) is 18.2 Å². The van der Waals surface area contributed by atoms with Gasteiger partial charge in [0.25, 0.3) is 0 Å². The number of aromatic nitrogens is 2. The number of aryl methyl sites for hydroxylation is 1. The molecule has 2 N–H and O–H groups in total. The third kappa shape index (κ3) is 4.11. The minimum atomic E-state index is -0.325. The number of pyridine rings is 1. The van der Waals surface area contributed by atoms with E-state index in [1.165, 1.54) is 6.08 Å². The molecule has 2 aromatic heterocycles. The number of rotatable bonds is 5. The molecule has 6 heteroatoms. The number of fused-ring (bicyclic) bond motifs is 1. The van der Waals surface area contributed by atoms with E-state index in [-0.39, 0.29) is 18.4 Å². The normalized spacial score (nSPS) is 10.9. The second kappa shape index (κ2) is 7.44. The van der Waals surface area contributed by atoms with Crippen molar-refractivity contribution in [2.75, 3.05) is 11.9 Å². The van der Waals surface area contributed by atoms with Crippen molar-refractivity contribution in [1.82, 2.24) is 14.9 Å². The Morgan fingerprint density at radius 1 is 1.20 bits per heavy atom. The number of benzene rings is 1. The van der Waals surface area contributed by atoms with Crippen molar-refractivity contribution in [3.8, 4) is 0 Å². The Bertz CT molecular complexity index is 929. The number of para-hydroxylation sites is 1. The third-order valence-corrected chi connectivity index (χ3v) is 3.71. The fraction of sp³-hybridized carbons (Fsp3) is 0.105. The number of hydrogen-bond donors (Lipinski definition) is 2. The summed E-state index contributed by atoms with van der Waals surface area (Å²) in [5.74, 6) is -0.630. The van der Waals surface area contributed by atoms with Crippen LogP contribution in [0.4, 0.5) is 5.69 Å². The van der Waals surface area contributed by atoms with Gasteiger partial charge in [-0.15, -0.1) is 0 Å². The van der Waals surface area contributed by atoms with Crippen molar-refractivity contribution >= 4 is 34.5 Å². The highest BCUT2D eigenvalue weighted by atomic mass is 16.2. The van der Waals surface area contributed by atoms with Crippen molar-refractivity contribution in [3.63, 3.8) is 0 Å². The monoisotopic (exact) mass is 334 g/mol. The van der Waals surface area contributed by atoms with Crippen LogP contribution >= 0.6 is 0 Å². The average Bonchev–Trinajstić information content (AvgIpc) is 2.95. The molecule has 0 radical (unpaired) electrons. The molecule has 0 spiro atoms. The maximum atomic E-state index is 11.9. The Hall–Kier alpha value is -3.41. The lowest BCUT2D eigenvalue weighted by molar-refractivity contribution is -0.121. The maximum Gasteiger partial charge on any atom is 0.244 e. The summed E-state index contributed by atoms with van der Waals surface area (Å²) in [4.78, 5) is 27.6. The van der Waals surface area contributed by atoms with Gasteiger partial charge in [-0.2, -0.15) is 0 Å². The quantitative estimate of drug-likeness (QED) is 0.703. The van der Waals surface area contributed by atoms with E-state index in [9.17, 15) is 9.59 Å². The molecule has 0 aliphatic heterocycles. The molecule has 6 nitrogen and oxygen atoms in total. The van der Waals surface area contributed by atoms with Gasteiger partial charge in [0, 0.05) is 42.0 Å². The Morgan fingerprint density at radius 3 is 2.84 bits per heavy atom. The van der Waals surface area contributed by atoms with Crippen LogP contribution in [0.1, 0.15) is 5.56 Å². The van der Waals surface area contributed by atoms with E-state index in [0.29, 0.717) is 5.69 Å². The SMILES string of the molecule is Cn1cc(/C=C/C(=O)NCC(=O)Nc2cccnc2)c2ccccc21. The predicted molar refractivity (Wildman–Crippen MR) is 97.8 cm³/mol. The molecule has 2 amide bonds. The van der Waals surface area contributed by atoms with Crippen LogP contribution in [-0.4, -0.2) is 27.9 Å². The fourth-order valence-corrected chi connectivity index (χ4v) is 2.54. The van der Waals surface area contributed by atoms with E-state index in [4.69, 9.17) is 0 Å². The molecule has 1 aromatic carbocycles.